The van der Waals surface area contributed by atoms with Crippen LogP contribution in [-0.4, -0.2) is 86.0 Å². The van der Waals surface area contributed by atoms with Crippen LogP contribution in [0.25, 0.3) is 0 Å². The van der Waals surface area contributed by atoms with Gasteiger partial charge in [-0.1, -0.05) is 30.3 Å². The molecule has 3 rings (SSSR count). The first-order valence-corrected chi connectivity index (χ1v) is 13.1. The van der Waals surface area contributed by atoms with Gasteiger partial charge >= 0.3 is 20.0 Å². The Kier molecular flexibility index (Phi) is 10.4. The number of hydrogen-bond donors (Lipinski definition) is 3. The molecule has 2 unspecified atom stereocenters. The lowest BCUT2D eigenvalue weighted by Gasteiger charge is -2.27. The number of nitrogens with zero attached hydrogens (tertiary/aromatic N) is 1. The number of hydrogen-bond acceptors (Lipinski definition) is 10. The third-order valence-corrected chi connectivity index (χ3v) is 6.92. The zero-order chi connectivity index (χ0) is 27.7. The number of carbonyl (C=O) groups excluding carboxylic acids is 4. The van der Waals surface area contributed by atoms with E-state index in [1.165, 1.54) is 7.11 Å². The molecule has 5 atom stereocenters. The van der Waals surface area contributed by atoms with E-state index < -0.39 is 56.0 Å². The fourth-order valence-corrected chi connectivity index (χ4v) is 4.81. The summed E-state index contributed by atoms with van der Waals surface area (Å²) in [6.07, 6.45) is -0.507. The molecule has 1 heterocycles. The number of phosphoric acid groups is 1. The second-order valence-corrected chi connectivity index (χ2v) is 9.93. The van der Waals surface area contributed by atoms with Crippen LogP contribution in [0.1, 0.15) is 12.0 Å². The lowest BCUT2D eigenvalue weighted by Crippen LogP contribution is -2.49. The summed E-state index contributed by atoms with van der Waals surface area (Å²) in [6, 6.07) is 7.62. The summed E-state index contributed by atoms with van der Waals surface area (Å²) in [6.45, 7) is -0.292. The summed E-state index contributed by atoms with van der Waals surface area (Å²) in [4.78, 5) is 58.7. The van der Waals surface area contributed by atoms with E-state index in [-0.39, 0.29) is 32.7 Å². The van der Waals surface area contributed by atoms with Crippen LogP contribution in [0, 0.1) is 5.92 Å². The topological polar surface area (TPSA) is 179 Å². The predicted octanol–water partition coefficient (Wildman–Crippen LogP) is 1.10. The van der Waals surface area contributed by atoms with Gasteiger partial charge in [0.25, 0.3) is 11.8 Å². The van der Waals surface area contributed by atoms with Crippen LogP contribution in [0.15, 0.2) is 42.5 Å². The summed E-state index contributed by atoms with van der Waals surface area (Å²) in [7, 11) is -2.14. The van der Waals surface area contributed by atoms with Crippen molar-refractivity contribution >= 4 is 31.8 Å². The quantitative estimate of drug-likeness (QED) is 0.191. The van der Waals surface area contributed by atoms with Gasteiger partial charge < -0.3 is 29.7 Å². The second kappa shape index (κ2) is 13.5. The van der Waals surface area contributed by atoms with E-state index in [0.717, 1.165) is 29.7 Å². The lowest BCUT2D eigenvalue weighted by molar-refractivity contribution is -0.136. The highest BCUT2D eigenvalue weighted by molar-refractivity contribution is 7.47. The minimum absolute atomic E-state index is 0.00445. The lowest BCUT2D eigenvalue weighted by atomic mass is 10.1. The SMILES string of the molecule is CO[C@H]1C(OP(=O)(O)OC)[C@@H](COC(=O)OCc2ccccc2)C[C@H]1NC(=O)NCCN1C(=O)C=CC1=O. The number of urea groups is 1. The van der Waals surface area contributed by atoms with Crippen molar-refractivity contribution < 1.29 is 51.9 Å². The predicted molar refractivity (Wildman–Crippen MR) is 129 cm³/mol. The monoisotopic (exact) mass is 555 g/mol. The van der Waals surface area contributed by atoms with E-state index in [1.54, 1.807) is 24.3 Å². The van der Waals surface area contributed by atoms with Crippen LogP contribution in [-0.2, 0) is 44.0 Å². The van der Waals surface area contributed by atoms with E-state index in [9.17, 15) is 28.6 Å². The second-order valence-electron chi connectivity index (χ2n) is 8.42. The van der Waals surface area contributed by atoms with Gasteiger partial charge in [0, 0.05) is 45.4 Å². The number of phosphoric ester groups is 1. The Morgan fingerprint density at radius 3 is 2.39 bits per heavy atom. The Balaban J connectivity index is 1.56. The summed E-state index contributed by atoms with van der Waals surface area (Å²) in [5, 5.41) is 5.22. The number of methoxy groups -OCH3 is 1. The number of amides is 4. The largest absolute Gasteiger partial charge is 0.508 e. The molecule has 1 aliphatic heterocycles. The molecule has 0 radical (unpaired) electrons. The zero-order valence-electron chi connectivity index (χ0n) is 20.8. The molecule has 208 valence electrons. The number of nitrogens with one attached hydrogen (secondary N) is 2. The molecule has 0 spiro atoms. The molecule has 0 saturated heterocycles. The highest BCUT2D eigenvalue weighted by Crippen LogP contribution is 2.48. The van der Waals surface area contributed by atoms with Crippen LogP contribution < -0.4 is 10.6 Å². The Morgan fingerprint density at radius 1 is 1.08 bits per heavy atom. The fraction of sp³-hybridized carbons (Fsp3) is 0.478. The van der Waals surface area contributed by atoms with Gasteiger partial charge in [-0.2, -0.15) is 0 Å². The summed E-state index contributed by atoms with van der Waals surface area (Å²) in [5.41, 5.74) is 0.761. The molecule has 3 N–H and O–H groups in total. The molecule has 0 bridgehead atoms. The van der Waals surface area contributed by atoms with Crippen molar-refractivity contribution in [2.45, 2.75) is 31.3 Å². The highest BCUT2D eigenvalue weighted by atomic mass is 31.2. The molecule has 38 heavy (non-hydrogen) atoms. The third kappa shape index (κ3) is 8.10. The smallest absolute Gasteiger partial charge is 0.434 e. The van der Waals surface area contributed by atoms with Gasteiger partial charge in [-0.05, 0) is 12.0 Å². The number of benzene rings is 1. The van der Waals surface area contributed by atoms with E-state index in [0.29, 0.717) is 0 Å². The normalized spacial score (nSPS) is 24.2. The molecule has 1 saturated carbocycles. The minimum atomic E-state index is -4.47. The molecule has 2 aliphatic rings. The van der Waals surface area contributed by atoms with Gasteiger partial charge in [0.2, 0.25) is 0 Å². The van der Waals surface area contributed by atoms with Crippen molar-refractivity contribution in [3.63, 3.8) is 0 Å². The van der Waals surface area contributed by atoms with Crippen LogP contribution in [0.4, 0.5) is 9.59 Å². The Hall–Kier alpha value is -3.29. The van der Waals surface area contributed by atoms with Crippen molar-refractivity contribution in [1.29, 1.82) is 0 Å². The molecule has 1 aliphatic carbocycles. The van der Waals surface area contributed by atoms with Gasteiger partial charge in [0.1, 0.15) is 25.4 Å². The maximum absolute atomic E-state index is 12.5. The Morgan fingerprint density at radius 2 is 1.76 bits per heavy atom. The maximum atomic E-state index is 12.5. The molecular weight excluding hydrogens is 525 g/mol. The molecule has 0 aromatic heterocycles. The summed E-state index contributed by atoms with van der Waals surface area (Å²) >= 11 is 0. The number of carbonyl (C=O) groups is 4. The van der Waals surface area contributed by atoms with Crippen LogP contribution in [0.2, 0.25) is 0 Å². The molecule has 14 nitrogen and oxygen atoms in total. The number of ether oxygens (including phenoxy) is 3. The van der Waals surface area contributed by atoms with Crippen LogP contribution in [0.3, 0.4) is 0 Å². The summed E-state index contributed by atoms with van der Waals surface area (Å²) in [5.74, 6) is -1.61. The van der Waals surface area contributed by atoms with Crippen molar-refractivity contribution in [2.24, 2.45) is 5.92 Å². The number of rotatable bonds is 12. The van der Waals surface area contributed by atoms with E-state index in [2.05, 4.69) is 15.2 Å². The average molecular weight is 555 g/mol. The third-order valence-electron chi connectivity index (χ3n) is 5.95. The molecule has 1 aromatic rings. The minimum Gasteiger partial charge on any atom is -0.434 e. The Labute approximate surface area is 218 Å². The molecule has 1 fully saturated rings. The van der Waals surface area contributed by atoms with Gasteiger partial charge in [-0.15, -0.1) is 0 Å². The van der Waals surface area contributed by atoms with E-state index in [1.807, 2.05) is 6.07 Å². The molecule has 15 heteroatoms. The zero-order valence-corrected chi connectivity index (χ0v) is 21.7. The first kappa shape index (κ1) is 29.3. The molecule has 1 aromatic carbocycles. The number of imide groups is 1. The average Bonchev–Trinajstić information content (AvgIpc) is 3.39. The van der Waals surface area contributed by atoms with Crippen LogP contribution in [0.5, 0.6) is 0 Å². The van der Waals surface area contributed by atoms with Crippen LogP contribution >= 0.6 is 7.82 Å². The van der Waals surface area contributed by atoms with E-state index >= 15 is 0 Å². The van der Waals surface area contributed by atoms with Gasteiger partial charge in [-0.25, -0.2) is 14.2 Å². The van der Waals surface area contributed by atoms with Gasteiger partial charge in [-0.3, -0.25) is 23.5 Å². The molecule has 4 amide bonds. The van der Waals surface area contributed by atoms with Crippen molar-refractivity contribution in [2.75, 3.05) is 33.9 Å². The fourth-order valence-electron chi connectivity index (χ4n) is 4.12. The van der Waals surface area contributed by atoms with Crippen molar-refractivity contribution in [3.8, 4) is 0 Å². The van der Waals surface area contributed by atoms with Gasteiger partial charge in [0.15, 0.2) is 0 Å². The maximum Gasteiger partial charge on any atom is 0.508 e. The van der Waals surface area contributed by atoms with Crippen molar-refractivity contribution in [1.82, 2.24) is 15.5 Å². The standard InChI is InChI=1S/C23H30N3O11P/c1-33-21-17(25-22(29)24-10-11-26-18(27)8-9-19(26)28)12-16(20(21)37-38(31,32)34-2)14-36-23(30)35-13-15-6-4-3-5-7-15/h3-9,16-17,20-21H,10-14H2,1-2H3,(H,31,32)(H2,24,25,29)/t16-,17-,20?,21-/m1/s1. The first-order chi connectivity index (χ1) is 18.1. The van der Waals surface area contributed by atoms with E-state index in [4.69, 9.17) is 18.7 Å². The Bertz CT molecular complexity index is 1070. The van der Waals surface area contributed by atoms with Gasteiger partial charge in [0.05, 0.1) is 6.04 Å². The van der Waals surface area contributed by atoms with Crippen molar-refractivity contribution in [3.05, 3.63) is 48.0 Å². The first-order valence-electron chi connectivity index (χ1n) is 11.6. The summed E-state index contributed by atoms with van der Waals surface area (Å²) < 4.78 is 37.7. The highest BCUT2D eigenvalue weighted by Gasteiger charge is 2.48. The molecular formula is C23H30N3O11P.